The highest BCUT2D eigenvalue weighted by molar-refractivity contribution is 5.39. The quantitative estimate of drug-likeness (QED) is 0.813. The van der Waals surface area contributed by atoms with E-state index in [9.17, 15) is 0 Å². The second-order valence-electron chi connectivity index (χ2n) is 5.11. The number of ether oxygens (including phenoxy) is 1. The topological polar surface area (TPSA) is 63.2 Å². The van der Waals surface area contributed by atoms with Crippen molar-refractivity contribution in [2.75, 3.05) is 30.4 Å². The van der Waals surface area contributed by atoms with E-state index in [1.807, 2.05) is 6.92 Å². The molecule has 19 heavy (non-hydrogen) atoms. The first-order valence-corrected chi connectivity index (χ1v) is 6.97. The highest BCUT2D eigenvalue weighted by Crippen LogP contribution is 2.31. The molecule has 0 aliphatic heterocycles. The van der Waals surface area contributed by atoms with Crippen LogP contribution in [0.15, 0.2) is 0 Å². The van der Waals surface area contributed by atoms with Crippen LogP contribution in [-0.4, -0.2) is 41.2 Å². The molecule has 1 aliphatic rings. The standard InChI is InChI=1S/C13H23N5O/c1-5-19-13-16-11(14-4)15-12(17-13)18(9(2)3)8-10-6-7-10/h9-10H,5-8H2,1-4H3,(H,14,15,16,17). The number of hydrogen-bond acceptors (Lipinski definition) is 6. The third kappa shape index (κ3) is 3.68. The Morgan fingerprint density at radius 1 is 1.32 bits per heavy atom. The van der Waals surface area contributed by atoms with Crippen molar-refractivity contribution in [1.82, 2.24) is 15.0 Å². The number of aromatic nitrogens is 3. The van der Waals surface area contributed by atoms with Crippen molar-refractivity contribution in [2.24, 2.45) is 5.92 Å². The van der Waals surface area contributed by atoms with Gasteiger partial charge in [-0.3, -0.25) is 0 Å². The van der Waals surface area contributed by atoms with Crippen molar-refractivity contribution >= 4 is 11.9 Å². The van der Waals surface area contributed by atoms with Crippen LogP contribution in [0.25, 0.3) is 0 Å². The lowest BCUT2D eigenvalue weighted by Crippen LogP contribution is -2.34. The fraction of sp³-hybridized carbons (Fsp3) is 0.769. The molecule has 0 amide bonds. The van der Waals surface area contributed by atoms with Crippen LogP contribution in [0.2, 0.25) is 0 Å². The molecule has 1 N–H and O–H groups in total. The van der Waals surface area contributed by atoms with Crippen LogP contribution in [0.4, 0.5) is 11.9 Å². The largest absolute Gasteiger partial charge is 0.464 e. The van der Waals surface area contributed by atoms with Crippen molar-refractivity contribution < 1.29 is 4.74 Å². The zero-order valence-electron chi connectivity index (χ0n) is 12.2. The summed E-state index contributed by atoms with van der Waals surface area (Å²) in [6, 6.07) is 0.750. The van der Waals surface area contributed by atoms with Gasteiger partial charge in [0.15, 0.2) is 0 Å². The van der Waals surface area contributed by atoms with Gasteiger partial charge in [0.25, 0.3) is 0 Å². The molecule has 6 heteroatoms. The molecule has 2 rings (SSSR count). The zero-order valence-corrected chi connectivity index (χ0v) is 12.2. The molecule has 0 atom stereocenters. The minimum absolute atomic E-state index is 0.363. The van der Waals surface area contributed by atoms with E-state index in [1.54, 1.807) is 7.05 Å². The van der Waals surface area contributed by atoms with Crippen LogP contribution < -0.4 is 15.0 Å². The van der Waals surface area contributed by atoms with Crippen LogP contribution in [0, 0.1) is 5.92 Å². The molecule has 1 aliphatic carbocycles. The Balaban J connectivity index is 2.25. The van der Waals surface area contributed by atoms with Crippen molar-refractivity contribution in [3.8, 4) is 6.01 Å². The van der Waals surface area contributed by atoms with Crippen LogP contribution in [0.5, 0.6) is 6.01 Å². The summed E-state index contributed by atoms with van der Waals surface area (Å²) < 4.78 is 5.41. The average Bonchev–Trinajstić information content (AvgIpc) is 3.19. The molecular formula is C13H23N5O. The van der Waals surface area contributed by atoms with E-state index in [0.29, 0.717) is 30.6 Å². The van der Waals surface area contributed by atoms with E-state index in [1.165, 1.54) is 12.8 Å². The minimum Gasteiger partial charge on any atom is -0.464 e. The highest BCUT2D eigenvalue weighted by atomic mass is 16.5. The Labute approximate surface area is 114 Å². The van der Waals surface area contributed by atoms with Gasteiger partial charge in [-0.05, 0) is 39.5 Å². The predicted molar refractivity (Wildman–Crippen MR) is 75.7 cm³/mol. The maximum atomic E-state index is 5.41. The third-order valence-electron chi connectivity index (χ3n) is 3.13. The number of hydrogen-bond donors (Lipinski definition) is 1. The van der Waals surface area contributed by atoms with E-state index >= 15 is 0 Å². The van der Waals surface area contributed by atoms with Gasteiger partial charge in [-0.1, -0.05) is 0 Å². The number of rotatable bonds is 7. The van der Waals surface area contributed by atoms with Gasteiger partial charge >= 0.3 is 6.01 Å². The van der Waals surface area contributed by atoms with Gasteiger partial charge in [0.05, 0.1) is 6.61 Å². The third-order valence-corrected chi connectivity index (χ3v) is 3.13. The molecular weight excluding hydrogens is 242 g/mol. The Morgan fingerprint density at radius 2 is 2.05 bits per heavy atom. The van der Waals surface area contributed by atoms with E-state index in [0.717, 1.165) is 12.5 Å². The lowest BCUT2D eigenvalue weighted by Gasteiger charge is -2.27. The summed E-state index contributed by atoms with van der Waals surface area (Å²) in [5.41, 5.74) is 0. The molecule has 6 nitrogen and oxygen atoms in total. The van der Waals surface area contributed by atoms with E-state index in [-0.39, 0.29) is 0 Å². The predicted octanol–water partition coefficient (Wildman–Crippen LogP) is 1.94. The van der Waals surface area contributed by atoms with Crippen LogP contribution in [-0.2, 0) is 0 Å². The molecule has 0 aromatic carbocycles. The summed E-state index contributed by atoms with van der Waals surface area (Å²) in [4.78, 5) is 15.3. The first-order chi connectivity index (χ1) is 9.13. The monoisotopic (exact) mass is 265 g/mol. The number of anilines is 2. The normalized spacial score (nSPS) is 14.6. The molecule has 1 aromatic rings. The maximum absolute atomic E-state index is 5.41. The van der Waals surface area contributed by atoms with E-state index < -0.39 is 0 Å². The summed E-state index contributed by atoms with van der Waals surface area (Å²) in [5, 5.41) is 2.96. The smallest absolute Gasteiger partial charge is 0.323 e. The average molecular weight is 265 g/mol. The fourth-order valence-electron chi connectivity index (χ4n) is 1.88. The van der Waals surface area contributed by atoms with Crippen molar-refractivity contribution in [1.29, 1.82) is 0 Å². The minimum atomic E-state index is 0.363. The molecule has 1 fully saturated rings. The fourth-order valence-corrected chi connectivity index (χ4v) is 1.88. The van der Waals surface area contributed by atoms with E-state index in [4.69, 9.17) is 4.74 Å². The molecule has 0 saturated heterocycles. The summed E-state index contributed by atoms with van der Waals surface area (Å²) in [5.74, 6) is 2.03. The van der Waals surface area contributed by atoms with Gasteiger partial charge in [-0.25, -0.2) is 0 Å². The Morgan fingerprint density at radius 3 is 2.58 bits per heavy atom. The second-order valence-corrected chi connectivity index (χ2v) is 5.11. The molecule has 106 valence electrons. The van der Waals surface area contributed by atoms with Crippen molar-refractivity contribution in [2.45, 2.75) is 39.7 Å². The molecule has 0 spiro atoms. The number of nitrogens with zero attached hydrogens (tertiary/aromatic N) is 4. The highest BCUT2D eigenvalue weighted by Gasteiger charge is 2.27. The van der Waals surface area contributed by atoms with Gasteiger partial charge < -0.3 is 15.0 Å². The van der Waals surface area contributed by atoms with Crippen molar-refractivity contribution in [3.63, 3.8) is 0 Å². The summed E-state index contributed by atoms with van der Waals surface area (Å²) in [7, 11) is 1.80. The van der Waals surface area contributed by atoms with Gasteiger partial charge in [0.2, 0.25) is 11.9 Å². The Bertz CT molecular complexity index is 419. The second kappa shape index (κ2) is 6.04. The van der Waals surface area contributed by atoms with Crippen LogP contribution in [0.3, 0.4) is 0 Å². The van der Waals surface area contributed by atoms with Gasteiger partial charge in [-0.15, -0.1) is 0 Å². The Hall–Kier alpha value is -1.59. The van der Waals surface area contributed by atoms with Crippen LogP contribution in [0.1, 0.15) is 33.6 Å². The molecule has 1 heterocycles. The van der Waals surface area contributed by atoms with Gasteiger partial charge in [0.1, 0.15) is 0 Å². The SMILES string of the molecule is CCOc1nc(NC)nc(N(CC2CC2)C(C)C)n1. The van der Waals surface area contributed by atoms with Gasteiger partial charge in [0, 0.05) is 19.6 Å². The van der Waals surface area contributed by atoms with Crippen molar-refractivity contribution in [3.05, 3.63) is 0 Å². The lowest BCUT2D eigenvalue weighted by molar-refractivity contribution is 0.311. The summed E-state index contributed by atoms with van der Waals surface area (Å²) >= 11 is 0. The molecule has 0 unspecified atom stereocenters. The maximum Gasteiger partial charge on any atom is 0.323 e. The lowest BCUT2D eigenvalue weighted by atomic mass is 10.3. The first kappa shape index (κ1) is 13.8. The molecule has 1 aromatic heterocycles. The summed E-state index contributed by atoms with van der Waals surface area (Å²) in [6.07, 6.45) is 2.62. The molecule has 0 radical (unpaired) electrons. The van der Waals surface area contributed by atoms with Crippen LogP contribution >= 0.6 is 0 Å². The molecule has 1 saturated carbocycles. The summed E-state index contributed by atoms with van der Waals surface area (Å²) in [6.45, 7) is 7.80. The van der Waals surface area contributed by atoms with Gasteiger partial charge in [-0.2, -0.15) is 15.0 Å². The number of nitrogens with one attached hydrogen (secondary N) is 1. The molecule has 0 bridgehead atoms. The first-order valence-electron chi connectivity index (χ1n) is 6.97. The Kier molecular flexibility index (Phi) is 4.39. The van der Waals surface area contributed by atoms with E-state index in [2.05, 4.69) is 39.0 Å². The zero-order chi connectivity index (χ0) is 13.8.